The molecule has 5 heteroatoms. The van der Waals surface area contributed by atoms with Gasteiger partial charge < -0.3 is 5.32 Å². The molecular formula is C20H23N3OS. The Balaban J connectivity index is 1.21. The number of thiazole rings is 1. The van der Waals surface area contributed by atoms with E-state index in [9.17, 15) is 4.79 Å². The fraction of sp³-hybridized carbons (Fsp3) is 0.550. The Morgan fingerprint density at radius 1 is 1.20 bits per heavy atom. The Hall–Kier alpha value is -1.75. The summed E-state index contributed by atoms with van der Waals surface area (Å²) in [5, 5.41) is 6.20. The summed E-state index contributed by atoms with van der Waals surface area (Å²) in [6.07, 6.45) is 8.92. The van der Waals surface area contributed by atoms with Gasteiger partial charge in [0, 0.05) is 17.6 Å². The summed E-state index contributed by atoms with van der Waals surface area (Å²) in [6, 6.07) is 6.22. The summed E-state index contributed by atoms with van der Waals surface area (Å²) in [5.41, 5.74) is 1.73. The highest BCUT2D eigenvalue weighted by atomic mass is 32.1. The van der Waals surface area contributed by atoms with E-state index in [1.807, 2.05) is 23.6 Å². The lowest BCUT2D eigenvalue weighted by atomic mass is 9.79. The van der Waals surface area contributed by atoms with Gasteiger partial charge in [-0.25, -0.2) is 4.98 Å². The zero-order valence-corrected chi connectivity index (χ0v) is 15.0. The normalized spacial score (nSPS) is 32.7. The minimum absolute atomic E-state index is 0.130. The second kappa shape index (κ2) is 6.20. The van der Waals surface area contributed by atoms with Gasteiger partial charge in [0.1, 0.15) is 5.01 Å². The van der Waals surface area contributed by atoms with E-state index in [0.29, 0.717) is 12.5 Å². The molecule has 0 spiro atoms. The summed E-state index contributed by atoms with van der Waals surface area (Å²) in [5.74, 6) is 3.60. The molecule has 5 rings (SSSR count). The zero-order valence-electron chi connectivity index (χ0n) is 14.2. The maximum Gasteiger partial charge on any atom is 0.226 e. The number of nitrogens with one attached hydrogen (secondary N) is 1. The second-order valence-electron chi connectivity index (χ2n) is 7.86. The van der Waals surface area contributed by atoms with E-state index in [0.717, 1.165) is 40.1 Å². The maximum absolute atomic E-state index is 12.5. The third-order valence-electron chi connectivity index (χ3n) is 6.55. The SMILES string of the molecule is O=C(Cc1csc(-c2ccccn2)n1)NC1CC2CC1C1CCCC21. The molecule has 2 aromatic rings. The first-order valence-corrected chi connectivity index (χ1v) is 10.3. The van der Waals surface area contributed by atoms with E-state index in [2.05, 4.69) is 15.3 Å². The van der Waals surface area contributed by atoms with Crippen LogP contribution < -0.4 is 5.32 Å². The van der Waals surface area contributed by atoms with Crippen molar-refractivity contribution in [3.63, 3.8) is 0 Å². The highest BCUT2D eigenvalue weighted by molar-refractivity contribution is 7.13. The molecule has 5 atom stereocenters. The molecule has 2 heterocycles. The van der Waals surface area contributed by atoms with Crippen LogP contribution in [-0.4, -0.2) is 21.9 Å². The number of fused-ring (bicyclic) bond motifs is 5. The number of pyridine rings is 1. The summed E-state index contributed by atoms with van der Waals surface area (Å²) >= 11 is 1.56. The summed E-state index contributed by atoms with van der Waals surface area (Å²) in [4.78, 5) is 21.4. The van der Waals surface area contributed by atoms with Crippen molar-refractivity contribution in [1.82, 2.24) is 15.3 Å². The number of hydrogen-bond donors (Lipinski definition) is 1. The van der Waals surface area contributed by atoms with Crippen LogP contribution in [0.1, 0.15) is 37.8 Å². The van der Waals surface area contributed by atoms with Crippen molar-refractivity contribution in [2.45, 2.75) is 44.6 Å². The van der Waals surface area contributed by atoms with Crippen molar-refractivity contribution in [1.29, 1.82) is 0 Å². The minimum Gasteiger partial charge on any atom is -0.353 e. The average Bonchev–Trinajstić information content (AvgIpc) is 3.37. The largest absolute Gasteiger partial charge is 0.353 e. The van der Waals surface area contributed by atoms with Crippen LogP contribution in [0.25, 0.3) is 10.7 Å². The molecule has 0 aromatic carbocycles. The number of nitrogens with zero attached hydrogens (tertiary/aromatic N) is 2. The van der Waals surface area contributed by atoms with Crippen molar-refractivity contribution in [3.8, 4) is 10.7 Å². The van der Waals surface area contributed by atoms with Crippen molar-refractivity contribution in [3.05, 3.63) is 35.5 Å². The Labute approximate surface area is 152 Å². The topological polar surface area (TPSA) is 54.9 Å². The molecule has 3 fully saturated rings. The van der Waals surface area contributed by atoms with Gasteiger partial charge >= 0.3 is 0 Å². The van der Waals surface area contributed by atoms with Gasteiger partial charge in [0.25, 0.3) is 0 Å². The van der Waals surface area contributed by atoms with Crippen molar-refractivity contribution >= 4 is 17.2 Å². The van der Waals surface area contributed by atoms with E-state index < -0.39 is 0 Å². The molecule has 3 aliphatic rings. The van der Waals surface area contributed by atoms with E-state index in [1.54, 1.807) is 17.5 Å². The van der Waals surface area contributed by atoms with Crippen LogP contribution in [0.4, 0.5) is 0 Å². The van der Waals surface area contributed by atoms with Gasteiger partial charge in [-0.2, -0.15) is 0 Å². The van der Waals surface area contributed by atoms with Gasteiger partial charge in [0.15, 0.2) is 0 Å². The predicted molar refractivity (Wildman–Crippen MR) is 98.0 cm³/mol. The van der Waals surface area contributed by atoms with Crippen molar-refractivity contribution in [2.75, 3.05) is 0 Å². The number of amides is 1. The van der Waals surface area contributed by atoms with Crippen LogP contribution in [0.2, 0.25) is 0 Å². The standard InChI is InChI=1S/C20H23N3OS/c24-19(10-13-11-25-20(22-13)17-6-1-2-7-21-17)23-18-9-12-8-16(18)15-5-3-4-14(12)15/h1-2,6-7,11-12,14-16,18H,3-5,8-10H2,(H,23,24). The van der Waals surface area contributed by atoms with Crippen LogP contribution in [0.5, 0.6) is 0 Å². The molecule has 1 N–H and O–H groups in total. The number of rotatable bonds is 4. The van der Waals surface area contributed by atoms with E-state index in [1.165, 1.54) is 32.1 Å². The summed E-state index contributed by atoms with van der Waals surface area (Å²) in [7, 11) is 0. The predicted octanol–water partition coefficient (Wildman–Crippen LogP) is 3.69. The third kappa shape index (κ3) is 2.78. The van der Waals surface area contributed by atoms with Crippen LogP contribution in [-0.2, 0) is 11.2 Å². The van der Waals surface area contributed by atoms with E-state index in [4.69, 9.17) is 0 Å². The lowest BCUT2D eigenvalue weighted by Crippen LogP contribution is -2.43. The fourth-order valence-corrected chi connectivity index (χ4v) is 6.45. The first kappa shape index (κ1) is 15.5. The lowest BCUT2D eigenvalue weighted by Gasteiger charge is -2.32. The van der Waals surface area contributed by atoms with Crippen molar-refractivity contribution < 1.29 is 4.79 Å². The van der Waals surface area contributed by atoms with Gasteiger partial charge in [0.05, 0.1) is 17.8 Å². The van der Waals surface area contributed by atoms with Crippen LogP contribution in [0.15, 0.2) is 29.8 Å². The smallest absolute Gasteiger partial charge is 0.226 e. The third-order valence-corrected chi connectivity index (χ3v) is 7.47. The Morgan fingerprint density at radius 3 is 3.00 bits per heavy atom. The fourth-order valence-electron chi connectivity index (χ4n) is 5.65. The summed E-state index contributed by atoms with van der Waals surface area (Å²) < 4.78 is 0. The average molecular weight is 353 g/mol. The quantitative estimate of drug-likeness (QED) is 0.912. The molecule has 1 amide bonds. The molecule has 0 aliphatic heterocycles. The molecule has 3 aliphatic carbocycles. The van der Waals surface area contributed by atoms with Gasteiger partial charge in [-0.3, -0.25) is 9.78 Å². The number of carbonyl (C=O) groups is 1. The molecule has 2 bridgehead atoms. The molecule has 0 radical (unpaired) electrons. The summed E-state index contributed by atoms with van der Waals surface area (Å²) in [6.45, 7) is 0. The number of carbonyl (C=O) groups excluding carboxylic acids is 1. The molecule has 130 valence electrons. The lowest BCUT2D eigenvalue weighted by molar-refractivity contribution is -0.121. The van der Waals surface area contributed by atoms with Gasteiger partial charge in [0.2, 0.25) is 5.91 Å². The van der Waals surface area contributed by atoms with E-state index >= 15 is 0 Å². The van der Waals surface area contributed by atoms with Crippen LogP contribution in [0, 0.1) is 23.7 Å². The first-order chi connectivity index (χ1) is 12.3. The molecule has 25 heavy (non-hydrogen) atoms. The van der Waals surface area contributed by atoms with Gasteiger partial charge in [-0.1, -0.05) is 12.5 Å². The maximum atomic E-state index is 12.5. The second-order valence-corrected chi connectivity index (χ2v) is 8.72. The van der Waals surface area contributed by atoms with Crippen LogP contribution in [0.3, 0.4) is 0 Å². The van der Waals surface area contributed by atoms with E-state index in [-0.39, 0.29) is 5.91 Å². The number of hydrogen-bond acceptors (Lipinski definition) is 4. The first-order valence-electron chi connectivity index (χ1n) is 9.43. The Kier molecular flexibility index (Phi) is 3.85. The molecular weight excluding hydrogens is 330 g/mol. The molecule has 5 unspecified atom stereocenters. The molecule has 0 saturated heterocycles. The highest BCUT2D eigenvalue weighted by Gasteiger charge is 2.53. The molecule has 3 saturated carbocycles. The molecule has 4 nitrogen and oxygen atoms in total. The van der Waals surface area contributed by atoms with Gasteiger partial charge in [-0.15, -0.1) is 11.3 Å². The highest BCUT2D eigenvalue weighted by Crippen LogP contribution is 2.58. The zero-order chi connectivity index (χ0) is 16.8. The minimum atomic E-state index is 0.130. The monoisotopic (exact) mass is 353 g/mol. The number of aromatic nitrogens is 2. The van der Waals surface area contributed by atoms with Crippen molar-refractivity contribution in [2.24, 2.45) is 23.7 Å². The Bertz CT molecular complexity index is 774. The molecule has 2 aromatic heterocycles. The van der Waals surface area contributed by atoms with Crippen LogP contribution >= 0.6 is 11.3 Å². The van der Waals surface area contributed by atoms with Gasteiger partial charge in [-0.05, 0) is 61.5 Å². The Morgan fingerprint density at radius 2 is 2.12 bits per heavy atom.